The van der Waals surface area contributed by atoms with E-state index in [1.54, 1.807) is 18.2 Å². The van der Waals surface area contributed by atoms with Gasteiger partial charge in [0.15, 0.2) is 0 Å². The van der Waals surface area contributed by atoms with Crippen LogP contribution >= 0.6 is 15.9 Å². The first-order valence-electron chi connectivity index (χ1n) is 3.99. The lowest BCUT2D eigenvalue weighted by molar-refractivity contribution is 0.165. The number of benzene rings is 1. The number of aliphatic hydroxyl groups excluding tert-OH is 1. The molecule has 72 valence electrons. The second-order valence-electron chi connectivity index (χ2n) is 2.74. The zero-order valence-corrected chi connectivity index (χ0v) is 8.59. The van der Waals surface area contributed by atoms with Gasteiger partial charge in [-0.25, -0.2) is 4.39 Å². The van der Waals surface area contributed by atoms with Crippen LogP contribution in [0.1, 0.15) is 18.1 Å². The predicted octanol–water partition coefficient (Wildman–Crippen LogP) is 1.97. The Morgan fingerprint density at radius 3 is 2.85 bits per heavy atom. The third kappa shape index (κ3) is 2.49. The van der Waals surface area contributed by atoms with Crippen molar-refractivity contribution >= 4 is 15.9 Å². The van der Waals surface area contributed by atoms with Crippen LogP contribution in [0.3, 0.4) is 0 Å². The van der Waals surface area contributed by atoms with E-state index >= 15 is 0 Å². The number of rotatable bonds is 3. The Kier molecular flexibility index (Phi) is 3.84. The van der Waals surface area contributed by atoms with Crippen molar-refractivity contribution in [2.45, 2.75) is 12.5 Å². The average Bonchev–Trinajstić information content (AvgIpc) is 2.10. The molecule has 0 amide bonds. The quantitative estimate of drug-likeness (QED) is 0.858. The lowest BCUT2D eigenvalue weighted by Crippen LogP contribution is -2.08. The highest BCUT2D eigenvalue weighted by molar-refractivity contribution is 9.10. The van der Waals surface area contributed by atoms with Gasteiger partial charge < -0.3 is 10.8 Å². The molecule has 0 aromatic heterocycles. The van der Waals surface area contributed by atoms with Crippen molar-refractivity contribution in [3.8, 4) is 0 Å². The van der Waals surface area contributed by atoms with Crippen LogP contribution in [0.25, 0.3) is 0 Å². The molecule has 2 nitrogen and oxygen atoms in total. The summed E-state index contributed by atoms with van der Waals surface area (Å²) in [6.07, 6.45) is -0.449. The minimum atomic E-state index is -0.817. The van der Waals surface area contributed by atoms with E-state index < -0.39 is 11.9 Å². The molecule has 0 saturated carbocycles. The number of hydrogen-bond donors (Lipinski definition) is 2. The van der Waals surface area contributed by atoms with Crippen molar-refractivity contribution < 1.29 is 9.50 Å². The molecular weight excluding hydrogens is 237 g/mol. The maximum absolute atomic E-state index is 13.3. The molecule has 1 aromatic carbocycles. The number of hydrogen-bond acceptors (Lipinski definition) is 2. The number of halogens is 2. The van der Waals surface area contributed by atoms with E-state index in [1.807, 2.05) is 0 Å². The fourth-order valence-electron chi connectivity index (χ4n) is 1.09. The summed E-state index contributed by atoms with van der Waals surface area (Å²) in [5, 5.41) is 9.48. The molecular formula is C9H11BrFNO. The first-order chi connectivity index (χ1) is 6.16. The van der Waals surface area contributed by atoms with Crippen molar-refractivity contribution in [3.05, 3.63) is 34.1 Å². The van der Waals surface area contributed by atoms with Crippen molar-refractivity contribution in [2.24, 2.45) is 5.73 Å². The first kappa shape index (κ1) is 10.6. The predicted molar refractivity (Wildman–Crippen MR) is 52.7 cm³/mol. The minimum absolute atomic E-state index is 0.292. The minimum Gasteiger partial charge on any atom is -0.388 e. The second-order valence-corrected chi connectivity index (χ2v) is 3.59. The SMILES string of the molecule is NCC[C@@H](O)c1cccc(Br)c1F. The maximum Gasteiger partial charge on any atom is 0.143 e. The second kappa shape index (κ2) is 4.69. The Balaban J connectivity index is 2.93. The van der Waals surface area contributed by atoms with Crippen LogP contribution in [0.2, 0.25) is 0 Å². The van der Waals surface area contributed by atoms with Crippen molar-refractivity contribution in [1.82, 2.24) is 0 Å². The summed E-state index contributed by atoms with van der Waals surface area (Å²) in [7, 11) is 0. The summed E-state index contributed by atoms with van der Waals surface area (Å²) < 4.78 is 13.7. The van der Waals surface area contributed by atoms with Crippen molar-refractivity contribution in [3.63, 3.8) is 0 Å². The van der Waals surface area contributed by atoms with Gasteiger partial charge in [-0.15, -0.1) is 0 Å². The van der Waals surface area contributed by atoms with Gasteiger partial charge >= 0.3 is 0 Å². The van der Waals surface area contributed by atoms with Crippen LogP contribution in [0.5, 0.6) is 0 Å². The molecule has 1 aromatic rings. The van der Waals surface area contributed by atoms with Gasteiger partial charge in [-0.2, -0.15) is 0 Å². The topological polar surface area (TPSA) is 46.2 Å². The molecule has 0 fully saturated rings. The molecule has 0 saturated heterocycles. The third-order valence-corrected chi connectivity index (χ3v) is 2.39. The van der Waals surface area contributed by atoms with E-state index in [1.165, 1.54) is 0 Å². The van der Waals surface area contributed by atoms with Gasteiger partial charge in [0, 0.05) is 5.56 Å². The molecule has 0 spiro atoms. The number of aliphatic hydroxyl groups is 1. The van der Waals surface area contributed by atoms with Crippen LogP contribution in [0, 0.1) is 5.82 Å². The van der Waals surface area contributed by atoms with Gasteiger partial charge in [-0.3, -0.25) is 0 Å². The van der Waals surface area contributed by atoms with Crippen LogP contribution in [0.4, 0.5) is 4.39 Å². The van der Waals surface area contributed by atoms with Crippen LogP contribution in [-0.4, -0.2) is 11.7 Å². The summed E-state index contributed by atoms with van der Waals surface area (Å²) in [6, 6.07) is 4.83. The largest absolute Gasteiger partial charge is 0.388 e. The van der Waals surface area contributed by atoms with E-state index in [0.717, 1.165) is 0 Å². The van der Waals surface area contributed by atoms with E-state index in [4.69, 9.17) is 5.73 Å². The van der Waals surface area contributed by atoms with Gasteiger partial charge in [0.25, 0.3) is 0 Å². The molecule has 13 heavy (non-hydrogen) atoms. The van der Waals surface area contributed by atoms with Gasteiger partial charge in [0.2, 0.25) is 0 Å². The summed E-state index contributed by atoms with van der Waals surface area (Å²) >= 11 is 3.05. The molecule has 1 rings (SSSR count). The molecule has 0 bridgehead atoms. The molecule has 0 heterocycles. The molecule has 4 heteroatoms. The van der Waals surface area contributed by atoms with E-state index in [9.17, 15) is 9.50 Å². The Labute approximate surface area is 84.7 Å². The van der Waals surface area contributed by atoms with Crippen LogP contribution < -0.4 is 5.73 Å². The smallest absolute Gasteiger partial charge is 0.143 e. The fourth-order valence-corrected chi connectivity index (χ4v) is 1.47. The summed E-state index contributed by atoms with van der Waals surface area (Å²) in [5.74, 6) is -0.413. The fraction of sp³-hybridized carbons (Fsp3) is 0.333. The van der Waals surface area contributed by atoms with E-state index in [0.29, 0.717) is 23.0 Å². The Morgan fingerprint density at radius 1 is 1.54 bits per heavy atom. The van der Waals surface area contributed by atoms with E-state index in [2.05, 4.69) is 15.9 Å². The van der Waals surface area contributed by atoms with Gasteiger partial charge in [0.1, 0.15) is 5.82 Å². The molecule has 0 aliphatic heterocycles. The normalized spacial score (nSPS) is 12.9. The van der Waals surface area contributed by atoms with Crippen molar-refractivity contribution in [1.29, 1.82) is 0 Å². The molecule has 0 aliphatic rings. The molecule has 0 radical (unpaired) electrons. The highest BCUT2D eigenvalue weighted by Crippen LogP contribution is 2.24. The Bertz CT molecular complexity index is 293. The molecule has 3 N–H and O–H groups in total. The zero-order valence-electron chi connectivity index (χ0n) is 7.00. The van der Waals surface area contributed by atoms with E-state index in [-0.39, 0.29) is 0 Å². The standard InChI is InChI=1S/C9H11BrFNO/c10-7-3-1-2-6(9(7)11)8(13)4-5-12/h1-3,8,13H,4-5,12H2/t8-/m1/s1. The maximum atomic E-state index is 13.3. The van der Waals surface area contributed by atoms with Gasteiger partial charge in [0.05, 0.1) is 10.6 Å². The molecule has 0 unspecified atom stereocenters. The molecule has 1 atom stereocenters. The molecule has 0 aliphatic carbocycles. The Morgan fingerprint density at radius 2 is 2.23 bits per heavy atom. The summed E-state index contributed by atoms with van der Waals surface area (Å²) in [4.78, 5) is 0. The van der Waals surface area contributed by atoms with Gasteiger partial charge in [-0.05, 0) is 35.0 Å². The summed E-state index contributed by atoms with van der Waals surface area (Å²) in [6.45, 7) is 0.340. The first-order valence-corrected chi connectivity index (χ1v) is 4.78. The third-order valence-electron chi connectivity index (χ3n) is 1.78. The van der Waals surface area contributed by atoms with Crippen LogP contribution in [-0.2, 0) is 0 Å². The van der Waals surface area contributed by atoms with Crippen LogP contribution in [0.15, 0.2) is 22.7 Å². The summed E-state index contributed by atoms with van der Waals surface area (Å²) in [5.41, 5.74) is 5.55. The lowest BCUT2D eigenvalue weighted by Gasteiger charge is -2.10. The lowest BCUT2D eigenvalue weighted by atomic mass is 10.1. The monoisotopic (exact) mass is 247 g/mol. The zero-order chi connectivity index (χ0) is 9.84. The Hall–Kier alpha value is -0.450. The average molecular weight is 248 g/mol. The number of nitrogens with two attached hydrogens (primary N) is 1. The van der Waals surface area contributed by atoms with Gasteiger partial charge in [-0.1, -0.05) is 12.1 Å². The highest BCUT2D eigenvalue weighted by atomic mass is 79.9. The van der Waals surface area contributed by atoms with Crippen molar-refractivity contribution in [2.75, 3.05) is 6.54 Å². The highest BCUT2D eigenvalue weighted by Gasteiger charge is 2.13.